The van der Waals surface area contributed by atoms with E-state index in [1.54, 1.807) is 29.2 Å². The molecule has 0 aliphatic rings. The molecule has 1 amide bonds. The van der Waals surface area contributed by atoms with Crippen LogP contribution in [0.5, 0.6) is 0 Å². The highest BCUT2D eigenvalue weighted by Gasteiger charge is 2.11. The number of nitrogens with zero attached hydrogens (tertiary/aromatic N) is 4. The number of furan rings is 1. The standard InChI is InChI=1S/C12H16N4O2/c1-10-3-4-11(18-10)7-15(2)12(17)5-6-16-8-13-14-9-16/h3-4,8-9H,5-7H2,1-2H3. The zero-order valence-electron chi connectivity index (χ0n) is 10.5. The lowest BCUT2D eigenvalue weighted by Crippen LogP contribution is -2.26. The molecule has 0 saturated carbocycles. The van der Waals surface area contributed by atoms with Crippen molar-refractivity contribution in [3.05, 3.63) is 36.3 Å². The van der Waals surface area contributed by atoms with E-state index in [9.17, 15) is 4.79 Å². The Labute approximate surface area is 105 Å². The van der Waals surface area contributed by atoms with Gasteiger partial charge in [-0.25, -0.2) is 0 Å². The number of hydrogen-bond acceptors (Lipinski definition) is 4. The van der Waals surface area contributed by atoms with Gasteiger partial charge in [-0.1, -0.05) is 0 Å². The van der Waals surface area contributed by atoms with Gasteiger partial charge >= 0.3 is 0 Å². The van der Waals surface area contributed by atoms with Crippen LogP contribution in [0.15, 0.2) is 29.2 Å². The lowest BCUT2D eigenvalue weighted by molar-refractivity contribution is -0.130. The third-order valence-electron chi connectivity index (χ3n) is 2.67. The molecule has 6 heteroatoms. The Bertz CT molecular complexity index is 504. The Morgan fingerprint density at radius 1 is 1.39 bits per heavy atom. The van der Waals surface area contributed by atoms with Crippen LogP contribution in [-0.4, -0.2) is 32.6 Å². The van der Waals surface area contributed by atoms with Gasteiger partial charge in [0.1, 0.15) is 24.2 Å². The van der Waals surface area contributed by atoms with Gasteiger partial charge in [-0.05, 0) is 19.1 Å². The Kier molecular flexibility index (Phi) is 3.76. The van der Waals surface area contributed by atoms with Crippen molar-refractivity contribution >= 4 is 5.91 Å². The van der Waals surface area contributed by atoms with Crippen LogP contribution in [0.1, 0.15) is 17.9 Å². The van der Waals surface area contributed by atoms with Crippen LogP contribution in [-0.2, 0) is 17.9 Å². The van der Waals surface area contributed by atoms with Crippen LogP contribution in [0, 0.1) is 6.92 Å². The monoisotopic (exact) mass is 248 g/mol. The SMILES string of the molecule is Cc1ccc(CN(C)C(=O)CCn2cnnc2)o1. The minimum atomic E-state index is 0.0674. The third kappa shape index (κ3) is 3.19. The number of amides is 1. The number of rotatable bonds is 5. The summed E-state index contributed by atoms with van der Waals surface area (Å²) < 4.78 is 7.22. The molecule has 0 radical (unpaired) electrons. The van der Waals surface area contributed by atoms with Crippen molar-refractivity contribution in [3.63, 3.8) is 0 Å². The molecular weight excluding hydrogens is 232 g/mol. The van der Waals surface area contributed by atoms with Crippen molar-refractivity contribution in [1.82, 2.24) is 19.7 Å². The van der Waals surface area contributed by atoms with Crippen molar-refractivity contribution in [2.24, 2.45) is 0 Å². The molecule has 0 aliphatic heterocycles. The van der Waals surface area contributed by atoms with Gasteiger partial charge in [-0.2, -0.15) is 0 Å². The zero-order chi connectivity index (χ0) is 13.0. The molecule has 6 nitrogen and oxygen atoms in total. The fourth-order valence-electron chi connectivity index (χ4n) is 1.65. The van der Waals surface area contributed by atoms with Crippen LogP contribution < -0.4 is 0 Å². The molecule has 0 saturated heterocycles. The highest BCUT2D eigenvalue weighted by atomic mass is 16.3. The molecule has 0 spiro atoms. The first-order valence-corrected chi connectivity index (χ1v) is 5.77. The minimum Gasteiger partial charge on any atom is -0.464 e. The molecule has 0 bridgehead atoms. The summed E-state index contributed by atoms with van der Waals surface area (Å²) in [6, 6.07) is 3.78. The zero-order valence-corrected chi connectivity index (χ0v) is 10.5. The van der Waals surface area contributed by atoms with Gasteiger partial charge in [0, 0.05) is 20.0 Å². The maximum Gasteiger partial charge on any atom is 0.224 e. The van der Waals surface area contributed by atoms with Gasteiger partial charge in [-0.15, -0.1) is 10.2 Å². The molecule has 18 heavy (non-hydrogen) atoms. The van der Waals surface area contributed by atoms with Crippen LogP contribution in [0.4, 0.5) is 0 Å². The molecule has 2 aromatic rings. The van der Waals surface area contributed by atoms with E-state index in [1.165, 1.54) is 0 Å². The van der Waals surface area contributed by atoms with E-state index >= 15 is 0 Å². The van der Waals surface area contributed by atoms with E-state index in [0.717, 1.165) is 11.5 Å². The minimum absolute atomic E-state index is 0.0674. The van der Waals surface area contributed by atoms with Gasteiger partial charge in [-0.3, -0.25) is 4.79 Å². The summed E-state index contributed by atoms with van der Waals surface area (Å²) in [4.78, 5) is 13.5. The summed E-state index contributed by atoms with van der Waals surface area (Å²) in [5.41, 5.74) is 0. The van der Waals surface area contributed by atoms with Gasteiger partial charge in [0.2, 0.25) is 5.91 Å². The Balaban J connectivity index is 1.81. The first-order valence-electron chi connectivity index (χ1n) is 5.77. The Morgan fingerprint density at radius 3 is 2.72 bits per heavy atom. The second-order valence-electron chi connectivity index (χ2n) is 4.21. The Hall–Kier alpha value is -2.11. The van der Waals surface area contributed by atoms with E-state index in [4.69, 9.17) is 4.42 Å². The average Bonchev–Trinajstić information content (AvgIpc) is 2.97. The largest absolute Gasteiger partial charge is 0.464 e. The second-order valence-corrected chi connectivity index (χ2v) is 4.21. The van der Waals surface area contributed by atoms with Crippen molar-refractivity contribution in [1.29, 1.82) is 0 Å². The predicted octanol–water partition coefficient (Wildman–Crippen LogP) is 1.23. The fraction of sp³-hybridized carbons (Fsp3) is 0.417. The normalized spacial score (nSPS) is 10.6. The summed E-state index contributed by atoms with van der Waals surface area (Å²) in [5.74, 6) is 1.72. The van der Waals surface area contributed by atoms with Crippen molar-refractivity contribution < 1.29 is 9.21 Å². The van der Waals surface area contributed by atoms with E-state index in [-0.39, 0.29) is 5.91 Å². The first kappa shape index (κ1) is 12.3. The Morgan fingerprint density at radius 2 is 2.11 bits per heavy atom. The number of aryl methyl sites for hydroxylation is 2. The summed E-state index contributed by atoms with van der Waals surface area (Å²) in [7, 11) is 1.77. The van der Waals surface area contributed by atoms with E-state index in [1.807, 2.05) is 19.1 Å². The third-order valence-corrected chi connectivity index (χ3v) is 2.67. The molecule has 2 aromatic heterocycles. The summed E-state index contributed by atoms with van der Waals surface area (Å²) in [6.45, 7) is 2.97. The maximum absolute atomic E-state index is 11.9. The first-order chi connectivity index (χ1) is 8.65. The van der Waals surface area contributed by atoms with Crippen LogP contribution >= 0.6 is 0 Å². The average molecular weight is 248 g/mol. The molecule has 0 aromatic carbocycles. The van der Waals surface area contributed by atoms with E-state index in [0.29, 0.717) is 19.5 Å². The van der Waals surface area contributed by atoms with E-state index < -0.39 is 0 Å². The highest BCUT2D eigenvalue weighted by Crippen LogP contribution is 2.09. The fourth-order valence-corrected chi connectivity index (χ4v) is 1.65. The lowest BCUT2D eigenvalue weighted by Gasteiger charge is -2.15. The molecule has 2 rings (SSSR count). The number of hydrogen-bond donors (Lipinski definition) is 0. The van der Waals surface area contributed by atoms with E-state index in [2.05, 4.69) is 10.2 Å². The number of carbonyl (C=O) groups excluding carboxylic acids is 1. The maximum atomic E-state index is 11.9. The highest BCUT2D eigenvalue weighted by molar-refractivity contribution is 5.75. The van der Waals surface area contributed by atoms with Crippen molar-refractivity contribution in [2.45, 2.75) is 26.4 Å². The molecule has 96 valence electrons. The van der Waals surface area contributed by atoms with Crippen molar-refractivity contribution in [2.75, 3.05) is 7.05 Å². The summed E-state index contributed by atoms with van der Waals surface area (Å²) >= 11 is 0. The number of aromatic nitrogens is 3. The smallest absolute Gasteiger partial charge is 0.224 e. The summed E-state index contributed by atoms with van der Waals surface area (Å²) in [6.07, 6.45) is 3.63. The predicted molar refractivity (Wildman–Crippen MR) is 64.6 cm³/mol. The molecule has 0 aliphatic carbocycles. The lowest BCUT2D eigenvalue weighted by atomic mass is 10.3. The van der Waals surface area contributed by atoms with Crippen molar-refractivity contribution in [3.8, 4) is 0 Å². The topological polar surface area (TPSA) is 64.2 Å². The van der Waals surface area contributed by atoms with Gasteiger partial charge in [0.25, 0.3) is 0 Å². The molecule has 2 heterocycles. The molecule has 0 N–H and O–H groups in total. The molecule has 0 unspecified atom stereocenters. The second kappa shape index (κ2) is 5.48. The molecular formula is C12H16N4O2. The number of carbonyl (C=O) groups is 1. The van der Waals surface area contributed by atoms with Crippen LogP contribution in [0.25, 0.3) is 0 Å². The molecule has 0 atom stereocenters. The summed E-state index contributed by atoms with van der Waals surface area (Å²) in [5, 5.41) is 7.38. The van der Waals surface area contributed by atoms with Crippen LogP contribution in [0.3, 0.4) is 0 Å². The van der Waals surface area contributed by atoms with Crippen LogP contribution in [0.2, 0.25) is 0 Å². The van der Waals surface area contributed by atoms with Gasteiger partial charge in [0.05, 0.1) is 6.54 Å². The van der Waals surface area contributed by atoms with Gasteiger partial charge in [0.15, 0.2) is 0 Å². The quantitative estimate of drug-likeness (QED) is 0.798. The van der Waals surface area contributed by atoms with Gasteiger partial charge < -0.3 is 13.9 Å². The molecule has 0 fully saturated rings.